The summed E-state index contributed by atoms with van der Waals surface area (Å²) in [5.74, 6) is -0.346. The van der Waals surface area contributed by atoms with Crippen molar-refractivity contribution in [3.8, 4) is 0 Å². The quantitative estimate of drug-likeness (QED) is 0.157. The van der Waals surface area contributed by atoms with E-state index >= 15 is 0 Å². The fourth-order valence-corrected chi connectivity index (χ4v) is 3.34. The average molecular weight is 544 g/mol. The number of hydroxylamine groups is 1. The molecule has 0 fully saturated rings. The highest BCUT2D eigenvalue weighted by molar-refractivity contribution is 5.70. The third-order valence-corrected chi connectivity index (χ3v) is 6.29. The SMILES string of the molecule is CCC(CC(=O)OCc1ccccc1)OC.CCC(CC(=O)OCc1ccccc1)ON[C@@H](C=O)[C@H](C)CC. The van der Waals surface area contributed by atoms with E-state index in [2.05, 4.69) is 5.48 Å². The molecule has 0 aromatic heterocycles. The van der Waals surface area contributed by atoms with Crippen LogP contribution in [0.25, 0.3) is 0 Å². The standard InChI is InChI=1S/C18H27NO4.C13H18O3/c1-4-14(3)17(12-20)19-23-16(5-2)11-18(21)22-13-15-9-7-6-8-10-15;1-3-12(15-2)9-13(14)16-10-11-7-5-4-6-8-11/h6-10,12,14,16-17,19H,4-5,11,13H2,1-3H3;4-8,12H,3,9-10H2,1-2H3/t14-,16?,17+;/m1./s1. The van der Waals surface area contributed by atoms with E-state index in [1.807, 2.05) is 88.4 Å². The van der Waals surface area contributed by atoms with E-state index in [1.54, 1.807) is 7.11 Å². The highest BCUT2D eigenvalue weighted by Crippen LogP contribution is 2.10. The van der Waals surface area contributed by atoms with Crippen molar-refractivity contribution in [2.24, 2.45) is 5.92 Å². The molecule has 0 amide bonds. The number of aldehydes is 1. The van der Waals surface area contributed by atoms with Crippen molar-refractivity contribution in [1.82, 2.24) is 5.48 Å². The van der Waals surface area contributed by atoms with Crippen LogP contribution in [0.3, 0.4) is 0 Å². The second-order valence-electron chi connectivity index (χ2n) is 9.28. The molecule has 0 saturated heterocycles. The van der Waals surface area contributed by atoms with Gasteiger partial charge in [-0.25, -0.2) is 0 Å². The lowest BCUT2D eigenvalue weighted by Crippen LogP contribution is -2.39. The number of esters is 2. The van der Waals surface area contributed by atoms with Gasteiger partial charge in [0.05, 0.1) is 31.1 Å². The number of methoxy groups -OCH3 is 1. The molecule has 0 heterocycles. The molecule has 0 spiro atoms. The molecule has 8 heteroatoms. The third kappa shape index (κ3) is 15.2. The molecule has 39 heavy (non-hydrogen) atoms. The molecule has 2 aromatic rings. The zero-order chi connectivity index (χ0) is 28.9. The molecule has 0 bridgehead atoms. The molecule has 2 aromatic carbocycles. The number of carbonyl (C=O) groups excluding carboxylic acids is 3. The summed E-state index contributed by atoms with van der Waals surface area (Å²) in [5, 5.41) is 0. The van der Waals surface area contributed by atoms with Crippen molar-refractivity contribution in [2.45, 2.75) is 91.3 Å². The number of benzene rings is 2. The van der Waals surface area contributed by atoms with Crippen LogP contribution in [0.15, 0.2) is 60.7 Å². The van der Waals surface area contributed by atoms with Gasteiger partial charge in [-0.3, -0.25) is 14.4 Å². The van der Waals surface area contributed by atoms with Gasteiger partial charge in [-0.2, -0.15) is 5.48 Å². The van der Waals surface area contributed by atoms with Gasteiger partial charge >= 0.3 is 11.9 Å². The maximum Gasteiger partial charge on any atom is 0.308 e. The van der Waals surface area contributed by atoms with E-state index in [0.717, 1.165) is 30.3 Å². The van der Waals surface area contributed by atoms with Gasteiger partial charge in [-0.05, 0) is 29.9 Å². The molecular weight excluding hydrogens is 498 g/mol. The average Bonchev–Trinajstić information content (AvgIpc) is 2.98. The first-order valence-electron chi connectivity index (χ1n) is 13.6. The first-order chi connectivity index (χ1) is 18.9. The summed E-state index contributed by atoms with van der Waals surface area (Å²) in [4.78, 5) is 39.9. The molecule has 8 nitrogen and oxygen atoms in total. The fourth-order valence-electron chi connectivity index (χ4n) is 3.34. The lowest BCUT2D eigenvalue weighted by molar-refractivity contribution is -0.151. The second kappa shape index (κ2) is 20.8. The topological polar surface area (TPSA) is 100 Å². The molecule has 216 valence electrons. The highest BCUT2D eigenvalue weighted by Gasteiger charge is 2.19. The van der Waals surface area contributed by atoms with Crippen molar-refractivity contribution >= 4 is 18.2 Å². The smallest absolute Gasteiger partial charge is 0.308 e. The van der Waals surface area contributed by atoms with Crippen molar-refractivity contribution in [3.63, 3.8) is 0 Å². The molecule has 0 saturated carbocycles. The van der Waals surface area contributed by atoms with E-state index in [9.17, 15) is 14.4 Å². The number of hydrogen-bond donors (Lipinski definition) is 1. The number of nitrogens with one attached hydrogen (secondary N) is 1. The minimum absolute atomic E-state index is 0.0386. The van der Waals surface area contributed by atoms with E-state index in [1.165, 1.54) is 0 Å². The number of ether oxygens (including phenoxy) is 3. The van der Waals surface area contributed by atoms with E-state index in [0.29, 0.717) is 19.4 Å². The Labute approximate surface area is 233 Å². The molecule has 1 N–H and O–H groups in total. The normalized spacial score (nSPS) is 13.7. The van der Waals surface area contributed by atoms with Crippen LogP contribution < -0.4 is 5.48 Å². The van der Waals surface area contributed by atoms with Gasteiger partial charge in [0.15, 0.2) is 0 Å². The first-order valence-corrected chi connectivity index (χ1v) is 13.6. The van der Waals surface area contributed by atoms with Crippen LogP contribution in [-0.2, 0) is 46.6 Å². The number of rotatable bonds is 17. The largest absolute Gasteiger partial charge is 0.461 e. The second-order valence-corrected chi connectivity index (χ2v) is 9.28. The summed E-state index contributed by atoms with van der Waals surface area (Å²) < 4.78 is 15.5. The molecule has 0 aliphatic heterocycles. The van der Waals surface area contributed by atoms with Gasteiger partial charge < -0.3 is 19.0 Å². The maximum absolute atomic E-state index is 11.9. The number of carbonyl (C=O) groups is 3. The Bertz CT molecular complexity index is 919. The van der Waals surface area contributed by atoms with Gasteiger partial charge in [0, 0.05) is 7.11 Å². The minimum atomic E-state index is -0.366. The summed E-state index contributed by atoms with van der Waals surface area (Å²) in [6.45, 7) is 8.49. The third-order valence-electron chi connectivity index (χ3n) is 6.29. The van der Waals surface area contributed by atoms with Crippen LogP contribution in [0, 0.1) is 5.92 Å². The molecule has 2 rings (SSSR count). The Kier molecular flexibility index (Phi) is 18.1. The van der Waals surface area contributed by atoms with Gasteiger partial charge in [-0.1, -0.05) is 94.8 Å². The molecular formula is C31H45NO7. The molecule has 4 atom stereocenters. The lowest BCUT2D eigenvalue weighted by Gasteiger charge is -2.22. The first kappa shape index (κ1) is 34.0. The van der Waals surface area contributed by atoms with Crippen molar-refractivity contribution in [3.05, 3.63) is 71.8 Å². The fraction of sp³-hybridized carbons (Fsp3) is 0.516. The lowest BCUT2D eigenvalue weighted by atomic mass is 10.0. The highest BCUT2D eigenvalue weighted by atomic mass is 16.7. The zero-order valence-corrected chi connectivity index (χ0v) is 24.0. The van der Waals surface area contributed by atoms with E-state index < -0.39 is 0 Å². The predicted molar refractivity (Wildman–Crippen MR) is 150 cm³/mol. The van der Waals surface area contributed by atoms with Gasteiger partial charge in [0.2, 0.25) is 0 Å². The van der Waals surface area contributed by atoms with Crippen molar-refractivity contribution in [1.29, 1.82) is 0 Å². The van der Waals surface area contributed by atoms with Gasteiger partial charge in [0.1, 0.15) is 19.5 Å². The van der Waals surface area contributed by atoms with Crippen LogP contribution in [0.1, 0.15) is 70.9 Å². The molecule has 0 aliphatic carbocycles. The minimum Gasteiger partial charge on any atom is -0.461 e. The predicted octanol–water partition coefficient (Wildman–Crippen LogP) is 5.58. The van der Waals surface area contributed by atoms with Crippen molar-refractivity contribution in [2.75, 3.05) is 7.11 Å². The summed E-state index contributed by atoms with van der Waals surface area (Å²) in [6.07, 6.45) is 3.30. The molecule has 0 aliphatic rings. The summed E-state index contributed by atoms with van der Waals surface area (Å²) in [6, 6.07) is 18.8. The van der Waals surface area contributed by atoms with Crippen LogP contribution in [-0.4, -0.2) is 43.6 Å². The number of hydrogen-bond acceptors (Lipinski definition) is 8. The Hall–Kier alpha value is -3.07. The summed E-state index contributed by atoms with van der Waals surface area (Å²) >= 11 is 0. The molecule has 0 radical (unpaired) electrons. The monoisotopic (exact) mass is 543 g/mol. The van der Waals surface area contributed by atoms with Crippen LogP contribution in [0.2, 0.25) is 0 Å². The van der Waals surface area contributed by atoms with E-state index in [4.69, 9.17) is 19.0 Å². The van der Waals surface area contributed by atoms with E-state index in [-0.39, 0.29) is 49.1 Å². The Balaban J connectivity index is 0.000000416. The Morgan fingerprint density at radius 3 is 1.62 bits per heavy atom. The van der Waals surface area contributed by atoms with Crippen molar-refractivity contribution < 1.29 is 33.4 Å². The Morgan fingerprint density at radius 2 is 1.23 bits per heavy atom. The summed E-state index contributed by atoms with van der Waals surface area (Å²) in [5.41, 5.74) is 4.73. The van der Waals surface area contributed by atoms with Crippen LogP contribution in [0.4, 0.5) is 0 Å². The van der Waals surface area contributed by atoms with Crippen LogP contribution >= 0.6 is 0 Å². The Morgan fingerprint density at radius 1 is 0.769 bits per heavy atom. The summed E-state index contributed by atoms with van der Waals surface area (Å²) in [7, 11) is 1.61. The molecule has 2 unspecified atom stereocenters. The maximum atomic E-state index is 11.9. The van der Waals surface area contributed by atoms with Gasteiger partial charge in [-0.15, -0.1) is 0 Å². The van der Waals surface area contributed by atoms with Crippen LogP contribution in [0.5, 0.6) is 0 Å². The van der Waals surface area contributed by atoms with Gasteiger partial charge in [0.25, 0.3) is 0 Å². The zero-order valence-electron chi connectivity index (χ0n) is 24.0.